The molecule has 0 bridgehead atoms. The molecule has 3 atom stereocenters. The van der Waals surface area contributed by atoms with Crippen LogP contribution >= 0.6 is 11.3 Å². The van der Waals surface area contributed by atoms with Crippen molar-refractivity contribution in [3.8, 4) is 0 Å². The van der Waals surface area contributed by atoms with E-state index in [0.29, 0.717) is 25.0 Å². The summed E-state index contributed by atoms with van der Waals surface area (Å²) < 4.78 is 5.43. The minimum Gasteiger partial charge on any atom is -0.392 e. The number of hydrogen-bond donors (Lipinski definition) is 1. The van der Waals surface area contributed by atoms with Crippen LogP contribution < -0.4 is 0 Å². The maximum absolute atomic E-state index is 9.94. The average molecular weight is 213 g/mol. The smallest absolute Gasteiger partial charge is 0.0794 e. The number of thiazole rings is 1. The van der Waals surface area contributed by atoms with Gasteiger partial charge in [0.1, 0.15) is 0 Å². The van der Waals surface area contributed by atoms with E-state index in [1.807, 2.05) is 6.20 Å². The predicted molar refractivity (Wildman–Crippen MR) is 55.3 cm³/mol. The Kier molecular flexibility index (Phi) is 3.15. The van der Waals surface area contributed by atoms with E-state index in [1.165, 1.54) is 0 Å². The molecule has 2 rings (SSSR count). The number of ether oxygens (including phenoxy) is 1. The van der Waals surface area contributed by atoms with Crippen LogP contribution in [0.3, 0.4) is 0 Å². The molecule has 1 saturated heterocycles. The van der Waals surface area contributed by atoms with E-state index in [9.17, 15) is 5.11 Å². The van der Waals surface area contributed by atoms with Gasteiger partial charge in [-0.25, -0.2) is 0 Å². The van der Waals surface area contributed by atoms with Crippen LogP contribution in [0.25, 0.3) is 0 Å². The van der Waals surface area contributed by atoms with Gasteiger partial charge < -0.3 is 9.84 Å². The highest BCUT2D eigenvalue weighted by atomic mass is 32.1. The molecule has 1 aliphatic heterocycles. The highest BCUT2D eigenvalue weighted by molar-refractivity contribution is 7.09. The van der Waals surface area contributed by atoms with E-state index in [-0.39, 0.29) is 6.10 Å². The molecule has 2 heterocycles. The quantitative estimate of drug-likeness (QED) is 0.826. The van der Waals surface area contributed by atoms with Crippen molar-refractivity contribution in [1.82, 2.24) is 4.98 Å². The molecular formula is C10H15NO2S. The second-order valence-electron chi connectivity index (χ2n) is 3.88. The van der Waals surface area contributed by atoms with Crippen molar-refractivity contribution < 1.29 is 9.84 Å². The van der Waals surface area contributed by atoms with Crippen LogP contribution in [0.4, 0.5) is 0 Å². The van der Waals surface area contributed by atoms with E-state index < -0.39 is 0 Å². The largest absolute Gasteiger partial charge is 0.392 e. The second-order valence-corrected chi connectivity index (χ2v) is 4.85. The summed E-state index contributed by atoms with van der Waals surface area (Å²) in [5.41, 5.74) is 1.80. The summed E-state index contributed by atoms with van der Waals surface area (Å²) in [6, 6.07) is 0. The minimum atomic E-state index is -0.277. The van der Waals surface area contributed by atoms with E-state index in [0.717, 1.165) is 11.3 Å². The molecule has 1 fully saturated rings. The molecule has 0 amide bonds. The summed E-state index contributed by atoms with van der Waals surface area (Å²) in [5, 5.41) is 9.94. The lowest BCUT2D eigenvalue weighted by molar-refractivity contribution is 0.0811. The third kappa shape index (κ3) is 2.32. The Labute approximate surface area is 87.7 Å². The average Bonchev–Trinajstić information content (AvgIpc) is 2.75. The molecular weight excluding hydrogens is 198 g/mol. The van der Waals surface area contributed by atoms with E-state index in [1.54, 1.807) is 16.8 Å². The first-order valence-electron chi connectivity index (χ1n) is 4.92. The monoisotopic (exact) mass is 213 g/mol. The topological polar surface area (TPSA) is 42.4 Å². The molecule has 14 heavy (non-hydrogen) atoms. The number of aliphatic hydroxyl groups is 1. The Hall–Kier alpha value is -0.450. The Morgan fingerprint density at radius 3 is 3.21 bits per heavy atom. The lowest BCUT2D eigenvalue weighted by atomic mass is 9.97. The summed E-state index contributed by atoms with van der Waals surface area (Å²) in [6.07, 6.45) is 3.54. The van der Waals surface area contributed by atoms with Crippen molar-refractivity contribution in [3.63, 3.8) is 0 Å². The van der Waals surface area contributed by atoms with Crippen LogP contribution in [0.15, 0.2) is 11.7 Å². The van der Waals surface area contributed by atoms with Gasteiger partial charge in [0.2, 0.25) is 0 Å². The molecule has 1 aliphatic rings. The van der Waals surface area contributed by atoms with Gasteiger partial charge in [-0.15, -0.1) is 11.3 Å². The summed E-state index contributed by atoms with van der Waals surface area (Å²) in [6.45, 7) is 2.75. The Balaban J connectivity index is 1.87. The molecule has 1 N–H and O–H groups in total. The first-order valence-corrected chi connectivity index (χ1v) is 5.80. The van der Waals surface area contributed by atoms with Crippen LogP contribution in [0.5, 0.6) is 0 Å². The first-order chi connectivity index (χ1) is 6.75. The summed E-state index contributed by atoms with van der Waals surface area (Å²) in [5.74, 6) is 0.298. The molecule has 3 nitrogen and oxygen atoms in total. The fourth-order valence-electron chi connectivity index (χ4n) is 1.83. The number of aromatic nitrogens is 1. The van der Waals surface area contributed by atoms with Gasteiger partial charge in [-0.1, -0.05) is 0 Å². The normalized spacial score (nSPS) is 29.3. The molecule has 4 heteroatoms. The molecule has 3 unspecified atom stereocenters. The molecule has 0 radical (unpaired) electrons. The van der Waals surface area contributed by atoms with Gasteiger partial charge in [-0.2, -0.15) is 0 Å². The van der Waals surface area contributed by atoms with Gasteiger partial charge in [0.25, 0.3) is 0 Å². The van der Waals surface area contributed by atoms with Crippen molar-refractivity contribution >= 4 is 11.3 Å². The van der Waals surface area contributed by atoms with Crippen molar-refractivity contribution in [2.75, 3.05) is 6.61 Å². The highest BCUT2D eigenvalue weighted by Crippen LogP contribution is 2.24. The van der Waals surface area contributed by atoms with Gasteiger partial charge >= 0.3 is 0 Å². The van der Waals surface area contributed by atoms with Gasteiger partial charge in [0, 0.05) is 23.4 Å². The minimum absolute atomic E-state index is 0.277. The zero-order chi connectivity index (χ0) is 9.97. The lowest BCUT2D eigenvalue weighted by Gasteiger charge is -2.14. The number of aliphatic hydroxyl groups excluding tert-OH is 1. The van der Waals surface area contributed by atoms with Crippen LogP contribution in [0, 0.1) is 5.92 Å². The molecule has 1 aromatic rings. The van der Waals surface area contributed by atoms with E-state index >= 15 is 0 Å². The molecule has 0 spiro atoms. The van der Waals surface area contributed by atoms with Gasteiger partial charge in [0.05, 0.1) is 24.3 Å². The van der Waals surface area contributed by atoms with Crippen LogP contribution in [-0.2, 0) is 11.2 Å². The van der Waals surface area contributed by atoms with Crippen LogP contribution in [-0.4, -0.2) is 28.9 Å². The molecule has 78 valence electrons. The van der Waals surface area contributed by atoms with E-state index in [4.69, 9.17) is 4.74 Å². The maximum Gasteiger partial charge on any atom is 0.0794 e. The predicted octanol–water partition coefficient (Wildman–Crippen LogP) is 1.47. The lowest BCUT2D eigenvalue weighted by Crippen LogP contribution is -2.22. The summed E-state index contributed by atoms with van der Waals surface area (Å²) in [4.78, 5) is 5.14. The second kappa shape index (κ2) is 4.38. The molecule has 1 aromatic heterocycles. The van der Waals surface area contributed by atoms with Crippen molar-refractivity contribution in [2.45, 2.75) is 32.0 Å². The number of nitrogens with zero attached hydrogens (tertiary/aromatic N) is 1. The standard InChI is InChI=1S/C10H15NO2S/c1-7-2-8(5-13-7)10(12)3-9-4-11-6-14-9/h4,6-8,10,12H,2-3,5H2,1H3. The van der Waals surface area contributed by atoms with Gasteiger partial charge in [0.15, 0.2) is 0 Å². The first kappa shape index (κ1) is 10.1. The van der Waals surface area contributed by atoms with Crippen LogP contribution in [0.2, 0.25) is 0 Å². The van der Waals surface area contributed by atoms with Crippen molar-refractivity contribution in [2.24, 2.45) is 5.92 Å². The SMILES string of the molecule is CC1CC(C(O)Cc2cncs2)CO1. The fraction of sp³-hybridized carbons (Fsp3) is 0.700. The third-order valence-electron chi connectivity index (χ3n) is 2.67. The fourth-order valence-corrected chi connectivity index (χ4v) is 2.48. The number of hydrogen-bond acceptors (Lipinski definition) is 4. The Morgan fingerprint density at radius 2 is 2.64 bits per heavy atom. The summed E-state index contributed by atoms with van der Waals surface area (Å²) in [7, 11) is 0. The van der Waals surface area contributed by atoms with Gasteiger partial charge in [-0.05, 0) is 13.3 Å². The maximum atomic E-state index is 9.94. The highest BCUT2D eigenvalue weighted by Gasteiger charge is 2.28. The number of rotatable bonds is 3. The molecule has 0 aliphatic carbocycles. The Bertz CT molecular complexity index is 276. The zero-order valence-corrected chi connectivity index (χ0v) is 9.04. The van der Waals surface area contributed by atoms with Crippen LogP contribution in [0.1, 0.15) is 18.2 Å². The van der Waals surface area contributed by atoms with E-state index in [2.05, 4.69) is 11.9 Å². The van der Waals surface area contributed by atoms with Gasteiger partial charge in [-0.3, -0.25) is 4.98 Å². The molecule has 0 aromatic carbocycles. The van der Waals surface area contributed by atoms with Crippen molar-refractivity contribution in [3.05, 3.63) is 16.6 Å². The zero-order valence-electron chi connectivity index (χ0n) is 8.22. The Morgan fingerprint density at radius 1 is 1.79 bits per heavy atom. The molecule has 0 saturated carbocycles. The van der Waals surface area contributed by atoms with Crippen molar-refractivity contribution in [1.29, 1.82) is 0 Å². The third-order valence-corrected chi connectivity index (χ3v) is 3.47. The summed E-state index contributed by atoms with van der Waals surface area (Å²) >= 11 is 1.60.